The lowest BCUT2D eigenvalue weighted by atomic mass is 10.1. The molecule has 3 rings (SSSR count). The number of hydrogen-bond acceptors (Lipinski definition) is 6. The Balaban J connectivity index is 2.11. The van der Waals surface area contributed by atoms with Crippen molar-refractivity contribution in [1.29, 1.82) is 10.5 Å². The van der Waals surface area contributed by atoms with Crippen LogP contribution in [-0.2, 0) is 0 Å². The summed E-state index contributed by atoms with van der Waals surface area (Å²) in [6.07, 6.45) is 0.184. The van der Waals surface area contributed by atoms with Crippen LogP contribution >= 0.6 is 11.6 Å². The molecule has 10 nitrogen and oxygen atoms in total. The van der Waals surface area contributed by atoms with Crippen LogP contribution in [0.15, 0.2) is 36.5 Å². The monoisotopic (exact) mass is 435 g/mol. The average molecular weight is 436 g/mol. The molecule has 154 valence electrons. The molecule has 2 aromatic heterocycles. The topological polar surface area (TPSA) is 148 Å². The molecule has 2 amide bonds. The molecule has 0 saturated carbocycles. The zero-order valence-electron chi connectivity index (χ0n) is 16.3. The van der Waals surface area contributed by atoms with Gasteiger partial charge in [0.15, 0.2) is 11.5 Å². The molecule has 0 bridgehead atoms. The average Bonchev–Trinajstić information content (AvgIpc) is 3.19. The largest absolute Gasteiger partial charge is 0.465 e. The molecule has 2 heterocycles. The van der Waals surface area contributed by atoms with Gasteiger partial charge in [0.1, 0.15) is 11.8 Å². The van der Waals surface area contributed by atoms with Crippen LogP contribution < -0.4 is 10.2 Å². The second kappa shape index (κ2) is 8.53. The van der Waals surface area contributed by atoms with Crippen LogP contribution in [0.1, 0.15) is 27.3 Å². The van der Waals surface area contributed by atoms with Gasteiger partial charge in [0.25, 0.3) is 5.91 Å². The van der Waals surface area contributed by atoms with Gasteiger partial charge in [0, 0.05) is 19.3 Å². The first-order valence-corrected chi connectivity index (χ1v) is 9.08. The molecule has 0 saturated heterocycles. The maximum absolute atomic E-state index is 13.1. The number of hydrogen-bond donors (Lipinski definition) is 2. The van der Waals surface area contributed by atoms with Crippen molar-refractivity contribution in [3.05, 3.63) is 64.1 Å². The van der Waals surface area contributed by atoms with Crippen LogP contribution in [0.5, 0.6) is 0 Å². The standard InChI is InChI=1S/C20H14ClN7O3/c1-11-6-12(9-22)7-15(27(2)20(30)31)17(11)25-19(29)16-8-13(10-23)26-28(16)18-14(21)4-3-5-24-18/h3-8H,1-2H3,(H,25,29)(H,30,31). The molecule has 0 unspecified atom stereocenters. The van der Waals surface area contributed by atoms with E-state index in [0.29, 0.717) is 5.56 Å². The van der Waals surface area contributed by atoms with E-state index in [1.54, 1.807) is 19.1 Å². The maximum Gasteiger partial charge on any atom is 0.411 e. The Morgan fingerprint density at radius 3 is 2.61 bits per heavy atom. The van der Waals surface area contributed by atoms with Gasteiger partial charge in [-0.25, -0.2) is 14.5 Å². The summed E-state index contributed by atoms with van der Waals surface area (Å²) in [5.41, 5.74) is 0.928. The Kier molecular flexibility index (Phi) is 5.86. The number of aromatic nitrogens is 3. The van der Waals surface area contributed by atoms with E-state index in [1.807, 2.05) is 12.1 Å². The van der Waals surface area contributed by atoms with E-state index in [9.17, 15) is 25.2 Å². The van der Waals surface area contributed by atoms with Gasteiger partial charge in [-0.15, -0.1) is 0 Å². The number of nitriles is 2. The predicted octanol–water partition coefficient (Wildman–Crippen LogP) is 3.34. The lowest BCUT2D eigenvalue weighted by Crippen LogP contribution is -2.26. The second-order valence-corrected chi connectivity index (χ2v) is 6.75. The number of rotatable bonds is 4. The Hall–Kier alpha value is -4.41. The minimum Gasteiger partial charge on any atom is -0.465 e. The SMILES string of the molecule is Cc1cc(C#N)cc(N(C)C(=O)O)c1NC(=O)c1cc(C#N)nn1-c1ncccc1Cl. The van der Waals surface area contributed by atoms with Crippen LogP contribution in [0.2, 0.25) is 5.02 Å². The normalized spacial score (nSPS) is 10.1. The lowest BCUT2D eigenvalue weighted by molar-refractivity contribution is 0.101. The smallest absolute Gasteiger partial charge is 0.411 e. The quantitative estimate of drug-likeness (QED) is 0.638. The molecule has 1 aromatic carbocycles. The van der Waals surface area contributed by atoms with Crippen molar-refractivity contribution >= 4 is 35.0 Å². The summed E-state index contributed by atoms with van der Waals surface area (Å²) in [4.78, 5) is 29.6. The molecule has 0 aliphatic carbocycles. The number of carbonyl (C=O) groups excluding carboxylic acids is 1. The molecule has 0 atom stereocenters. The number of anilines is 2. The van der Waals surface area contributed by atoms with Crippen molar-refractivity contribution in [3.63, 3.8) is 0 Å². The number of halogens is 1. The first-order chi connectivity index (χ1) is 14.8. The van der Waals surface area contributed by atoms with Gasteiger partial charge >= 0.3 is 6.09 Å². The first-order valence-electron chi connectivity index (χ1n) is 8.70. The summed E-state index contributed by atoms with van der Waals surface area (Å²) >= 11 is 6.17. The molecule has 31 heavy (non-hydrogen) atoms. The van der Waals surface area contributed by atoms with Gasteiger partial charge in [-0.1, -0.05) is 11.6 Å². The Labute approximate surface area is 181 Å². The Morgan fingerprint density at radius 2 is 2.00 bits per heavy atom. The number of carbonyl (C=O) groups is 2. The van der Waals surface area contributed by atoms with E-state index in [0.717, 1.165) is 9.58 Å². The number of carboxylic acid groups (broad SMARTS) is 1. The highest BCUT2D eigenvalue weighted by atomic mass is 35.5. The Morgan fingerprint density at radius 1 is 1.26 bits per heavy atom. The first kappa shape index (κ1) is 21.3. The van der Waals surface area contributed by atoms with Gasteiger partial charge in [-0.05, 0) is 36.8 Å². The molecule has 0 spiro atoms. The number of benzene rings is 1. The molecule has 3 aromatic rings. The fourth-order valence-corrected chi connectivity index (χ4v) is 3.03. The predicted molar refractivity (Wildman–Crippen MR) is 111 cm³/mol. The molecule has 0 fully saturated rings. The van der Waals surface area contributed by atoms with Crippen molar-refractivity contribution < 1.29 is 14.7 Å². The third-order valence-corrected chi connectivity index (χ3v) is 4.62. The summed E-state index contributed by atoms with van der Waals surface area (Å²) in [6.45, 7) is 1.63. The third kappa shape index (κ3) is 4.15. The number of pyridine rings is 1. The van der Waals surface area contributed by atoms with Gasteiger partial charge in [0.2, 0.25) is 0 Å². The summed E-state index contributed by atoms with van der Waals surface area (Å²) in [7, 11) is 1.29. The van der Waals surface area contributed by atoms with Crippen LogP contribution in [-0.4, -0.2) is 38.9 Å². The highest BCUT2D eigenvalue weighted by Gasteiger charge is 2.23. The number of aryl methyl sites for hydroxylation is 1. The minimum absolute atomic E-state index is 0.0358. The van der Waals surface area contributed by atoms with Crippen LogP contribution in [0, 0.1) is 29.6 Å². The molecule has 0 aliphatic rings. The van der Waals surface area contributed by atoms with Gasteiger partial charge in [-0.3, -0.25) is 9.69 Å². The van der Waals surface area contributed by atoms with E-state index >= 15 is 0 Å². The van der Waals surface area contributed by atoms with Crippen molar-refractivity contribution in [1.82, 2.24) is 14.8 Å². The fraction of sp³-hybridized carbons (Fsp3) is 0.100. The summed E-state index contributed by atoms with van der Waals surface area (Å²) in [5, 5.41) is 34.7. The van der Waals surface area contributed by atoms with Crippen molar-refractivity contribution in [2.45, 2.75) is 6.92 Å². The third-order valence-electron chi connectivity index (χ3n) is 4.33. The number of nitrogens with one attached hydrogen (secondary N) is 1. The lowest BCUT2D eigenvalue weighted by Gasteiger charge is -2.20. The van der Waals surface area contributed by atoms with Crippen LogP contribution in [0.4, 0.5) is 16.2 Å². The molecule has 0 aliphatic heterocycles. The van der Waals surface area contributed by atoms with Crippen molar-refractivity contribution in [2.24, 2.45) is 0 Å². The van der Waals surface area contributed by atoms with Crippen molar-refractivity contribution in [2.75, 3.05) is 17.3 Å². The van der Waals surface area contributed by atoms with E-state index in [4.69, 9.17) is 11.6 Å². The maximum atomic E-state index is 13.1. The van der Waals surface area contributed by atoms with Gasteiger partial charge < -0.3 is 10.4 Å². The molecular formula is C20H14ClN7O3. The number of nitrogens with zero attached hydrogens (tertiary/aromatic N) is 6. The number of amides is 2. The summed E-state index contributed by atoms with van der Waals surface area (Å²) < 4.78 is 1.13. The summed E-state index contributed by atoms with van der Waals surface area (Å²) in [6, 6.07) is 11.1. The van der Waals surface area contributed by atoms with Crippen molar-refractivity contribution in [3.8, 4) is 18.0 Å². The van der Waals surface area contributed by atoms with E-state index in [-0.39, 0.29) is 39.2 Å². The summed E-state index contributed by atoms with van der Waals surface area (Å²) in [5.74, 6) is -0.529. The second-order valence-electron chi connectivity index (χ2n) is 6.34. The van der Waals surface area contributed by atoms with Gasteiger partial charge in [0.05, 0.1) is 28.0 Å². The highest BCUT2D eigenvalue weighted by Crippen LogP contribution is 2.31. The van der Waals surface area contributed by atoms with E-state index in [1.165, 1.54) is 31.4 Å². The zero-order valence-corrected chi connectivity index (χ0v) is 17.0. The Bertz CT molecular complexity index is 1290. The van der Waals surface area contributed by atoms with Crippen LogP contribution in [0.25, 0.3) is 5.82 Å². The molecular weight excluding hydrogens is 422 g/mol. The molecule has 11 heteroatoms. The van der Waals surface area contributed by atoms with Gasteiger partial charge in [-0.2, -0.15) is 15.6 Å². The fourth-order valence-electron chi connectivity index (χ4n) is 2.83. The van der Waals surface area contributed by atoms with E-state index in [2.05, 4.69) is 15.4 Å². The minimum atomic E-state index is -1.28. The van der Waals surface area contributed by atoms with Crippen LogP contribution in [0.3, 0.4) is 0 Å². The molecule has 2 N–H and O–H groups in total. The van der Waals surface area contributed by atoms with E-state index < -0.39 is 12.0 Å². The highest BCUT2D eigenvalue weighted by molar-refractivity contribution is 6.32. The zero-order chi connectivity index (χ0) is 22.7. The molecule has 0 radical (unpaired) electrons.